The molecule has 0 saturated carbocycles. The smallest absolute Gasteiger partial charge is 0.255 e. The van der Waals surface area contributed by atoms with Gasteiger partial charge in [0.25, 0.3) is 5.91 Å². The third-order valence-electron chi connectivity index (χ3n) is 4.12. The van der Waals surface area contributed by atoms with Gasteiger partial charge in [-0.05, 0) is 50.3 Å². The van der Waals surface area contributed by atoms with Gasteiger partial charge in [-0.15, -0.1) is 0 Å². The molecule has 1 atom stereocenters. The van der Waals surface area contributed by atoms with Crippen molar-refractivity contribution in [2.24, 2.45) is 16.6 Å². The van der Waals surface area contributed by atoms with Crippen molar-refractivity contribution < 1.29 is 9.53 Å². The van der Waals surface area contributed by atoms with E-state index in [1.54, 1.807) is 0 Å². The molecule has 1 rings (SSSR count). The Bertz CT molecular complexity index is 570. The third-order valence-corrected chi connectivity index (χ3v) is 4.12. The number of carbonyl (C=O) groups excluding carboxylic acids is 1. The van der Waals surface area contributed by atoms with Crippen LogP contribution in [0.25, 0.3) is 0 Å². The molecule has 0 aromatic heterocycles. The van der Waals surface area contributed by atoms with Crippen LogP contribution in [0.2, 0.25) is 0 Å². The largest absolute Gasteiger partial charge is 0.484 e. The Labute approximate surface area is 164 Å². The van der Waals surface area contributed by atoms with Crippen LogP contribution in [0.5, 0.6) is 5.75 Å². The highest BCUT2D eigenvalue weighted by molar-refractivity contribution is 5.80. The summed E-state index contributed by atoms with van der Waals surface area (Å²) >= 11 is 0. The van der Waals surface area contributed by atoms with E-state index in [1.165, 1.54) is 18.4 Å². The third kappa shape index (κ3) is 11.2. The fourth-order valence-electron chi connectivity index (χ4n) is 2.66. The summed E-state index contributed by atoms with van der Waals surface area (Å²) in [4.78, 5) is 15.4. The standard InChI is InChI=1S/C21H36N4O2/c1-5-23-21(25-17(4)8-6-7-16(2)3)24-14-13-18-9-11-19(12-10-18)27-15-20(22)26/h9-12,16-17H,5-8,13-15H2,1-4H3,(H2,22,26)(H2,23,24,25). The summed E-state index contributed by atoms with van der Waals surface area (Å²) in [6, 6.07) is 8.08. The number of nitrogens with one attached hydrogen (secondary N) is 2. The van der Waals surface area contributed by atoms with Crippen molar-refractivity contribution >= 4 is 11.9 Å². The fraction of sp³-hybridized carbons (Fsp3) is 0.619. The number of guanidine groups is 1. The molecule has 6 nitrogen and oxygen atoms in total. The molecular weight excluding hydrogens is 340 g/mol. The maximum absolute atomic E-state index is 10.7. The first kappa shape index (κ1) is 22.8. The summed E-state index contributed by atoms with van der Waals surface area (Å²) in [6.45, 7) is 10.3. The molecule has 1 unspecified atom stereocenters. The zero-order chi connectivity index (χ0) is 20.1. The molecule has 0 saturated heterocycles. The van der Waals surface area contributed by atoms with E-state index >= 15 is 0 Å². The average Bonchev–Trinajstić information content (AvgIpc) is 2.60. The molecule has 0 heterocycles. The minimum absolute atomic E-state index is 0.100. The highest BCUT2D eigenvalue weighted by Gasteiger charge is 2.06. The molecule has 0 aliphatic heterocycles. The summed E-state index contributed by atoms with van der Waals surface area (Å²) in [6.07, 6.45) is 4.48. The topological polar surface area (TPSA) is 88.7 Å². The van der Waals surface area contributed by atoms with Crippen LogP contribution in [0.4, 0.5) is 0 Å². The van der Waals surface area contributed by atoms with Gasteiger partial charge >= 0.3 is 0 Å². The quantitative estimate of drug-likeness (QED) is 0.387. The summed E-state index contributed by atoms with van der Waals surface area (Å²) < 4.78 is 5.27. The number of nitrogens with zero attached hydrogens (tertiary/aromatic N) is 1. The molecule has 0 spiro atoms. The predicted octanol–water partition coefficient (Wildman–Crippen LogP) is 2.86. The van der Waals surface area contributed by atoms with Gasteiger partial charge in [-0.1, -0.05) is 38.8 Å². The minimum atomic E-state index is -0.477. The van der Waals surface area contributed by atoms with Crippen molar-refractivity contribution in [3.63, 3.8) is 0 Å². The fourth-order valence-corrected chi connectivity index (χ4v) is 2.66. The number of hydrogen-bond acceptors (Lipinski definition) is 3. The molecule has 1 amide bonds. The highest BCUT2D eigenvalue weighted by Crippen LogP contribution is 2.12. The minimum Gasteiger partial charge on any atom is -0.484 e. The second-order valence-corrected chi connectivity index (χ2v) is 7.28. The molecule has 0 fully saturated rings. The van der Waals surface area contributed by atoms with Gasteiger partial charge in [-0.2, -0.15) is 0 Å². The van der Waals surface area contributed by atoms with E-state index in [0.717, 1.165) is 31.3 Å². The van der Waals surface area contributed by atoms with Gasteiger partial charge in [0, 0.05) is 19.1 Å². The number of hydrogen-bond donors (Lipinski definition) is 3. The lowest BCUT2D eigenvalue weighted by Gasteiger charge is -2.18. The number of primary amides is 1. The van der Waals surface area contributed by atoms with Crippen molar-refractivity contribution in [2.75, 3.05) is 19.7 Å². The first-order valence-corrected chi connectivity index (χ1v) is 9.95. The SMILES string of the molecule is CCNC(=NCCc1ccc(OCC(N)=O)cc1)NC(C)CCCC(C)C. The zero-order valence-electron chi connectivity index (χ0n) is 17.3. The van der Waals surface area contributed by atoms with Crippen molar-refractivity contribution in [3.05, 3.63) is 29.8 Å². The Kier molecular flexibility index (Phi) is 11.0. The van der Waals surface area contributed by atoms with Crippen molar-refractivity contribution in [1.29, 1.82) is 0 Å². The van der Waals surface area contributed by atoms with Crippen molar-refractivity contribution in [3.8, 4) is 5.75 Å². The molecule has 1 aromatic carbocycles. The summed E-state index contributed by atoms with van der Waals surface area (Å²) in [7, 11) is 0. The maximum Gasteiger partial charge on any atom is 0.255 e. The van der Waals surface area contributed by atoms with Crippen LogP contribution in [-0.4, -0.2) is 37.6 Å². The summed E-state index contributed by atoms with van der Waals surface area (Å²) in [5, 5.41) is 6.80. The summed E-state index contributed by atoms with van der Waals surface area (Å²) in [5.74, 6) is 1.80. The number of aliphatic imine (C=N–C) groups is 1. The molecule has 4 N–H and O–H groups in total. The maximum atomic E-state index is 10.7. The lowest BCUT2D eigenvalue weighted by Crippen LogP contribution is -2.42. The Hall–Kier alpha value is -2.24. The highest BCUT2D eigenvalue weighted by atomic mass is 16.5. The van der Waals surface area contributed by atoms with Crippen molar-refractivity contribution in [2.45, 2.75) is 59.4 Å². The lowest BCUT2D eigenvalue weighted by molar-refractivity contribution is -0.119. The van der Waals surface area contributed by atoms with Gasteiger partial charge in [0.1, 0.15) is 5.75 Å². The molecule has 1 aromatic rings. The summed E-state index contributed by atoms with van der Waals surface area (Å²) in [5.41, 5.74) is 6.24. The number of carbonyl (C=O) groups is 1. The van der Waals surface area contributed by atoms with Gasteiger partial charge in [0.2, 0.25) is 0 Å². The molecule has 0 bridgehead atoms. The van der Waals surface area contributed by atoms with Crippen LogP contribution in [0.1, 0.15) is 52.5 Å². The Balaban J connectivity index is 2.44. The molecule has 27 heavy (non-hydrogen) atoms. The van der Waals surface area contributed by atoms with Crippen LogP contribution in [0.3, 0.4) is 0 Å². The number of nitrogens with two attached hydrogens (primary N) is 1. The van der Waals surface area contributed by atoms with Crippen LogP contribution in [-0.2, 0) is 11.2 Å². The first-order valence-electron chi connectivity index (χ1n) is 9.95. The molecule has 0 aliphatic carbocycles. The Morgan fingerprint density at radius 3 is 2.48 bits per heavy atom. The van der Waals surface area contributed by atoms with E-state index in [2.05, 4.69) is 43.3 Å². The molecule has 0 aliphatic rings. The number of rotatable bonds is 12. The Morgan fingerprint density at radius 2 is 1.89 bits per heavy atom. The molecule has 0 radical (unpaired) electrons. The van der Waals surface area contributed by atoms with Crippen LogP contribution in [0.15, 0.2) is 29.3 Å². The van der Waals surface area contributed by atoms with Crippen LogP contribution >= 0.6 is 0 Å². The monoisotopic (exact) mass is 376 g/mol. The molecule has 6 heteroatoms. The molecular formula is C21H36N4O2. The second kappa shape index (κ2) is 13.0. The van der Waals surface area contributed by atoms with Crippen LogP contribution in [0, 0.1) is 5.92 Å². The van der Waals surface area contributed by atoms with Crippen molar-refractivity contribution in [1.82, 2.24) is 10.6 Å². The molecule has 152 valence electrons. The Morgan fingerprint density at radius 1 is 1.19 bits per heavy atom. The predicted molar refractivity (Wildman–Crippen MR) is 112 cm³/mol. The zero-order valence-corrected chi connectivity index (χ0v) is 17.3. The van der Waals surface area contributed by atoms with Gasteiger partial charge < -0.3 is 21.1 Å². The average molecular weight is 377 g/mol. The van der Waals surface area contributed by atoms with E-state index < -0.39 is 5.91 Å². The normalized spacial score (nSPS) is 12.7. The van der Waals surface area contributed by atoms with Gasteiger partial charge in [-0.3, -0.25) is 9.79 Å². The number of amides is 1. The van der Waals surface area contributed by atoms with E-state index in [-0.39, 0.29) is 6.61 Å². The van der Waals surface area contributed by atoms with Gasteiger partial charge in [0.05, 0.1) is 0 Å². The number of ether oxygens (including phenoxy) is 1. The first-order chi connectivity index (χ1) is 12.9. The van der Waals surface area contributed by atoms with Gasteiger partial charge in [-0.25, -0.2) is 0 Å². The van der Waals surface area contributed by atoms with E-state index in [9.17, 15) is 4.79 Å². The lowest BCUT2D eigenvalue weighted by atomic mass is 10.0. The van der Waals surface area contributed by atoms with E-state index in [1.807, 2.05) is 24.3 Å². The van der Waals surface area contributed by atoms with E-state index in [0.29, 0.717) is 18.3 Å². The van der Waals surface area contributed by atoms with Gasteiger partial charge in [0.15, 0.2) is 12.6 Å². The number of benzene rings is 1. The van der Waals surface area contributed by atoms with E-state index in [4.69, 9.17) is 10.5 Å². The second-order valence-electron chi connectivity index (χ2n) is 7.28. The van der Waals surface area contributed by atoms with Crippen LogP contribution < -0.4 is 21.1 Å².